The SMILES string of the molecule is O=C(NCCc1nc2c(s1)CCCC2)c1nn(Cc2ccc(Cl)cc2)c2ccccc12. The molecule has 1 aliphatic carbocycles. The molecule has 0 fully saturated rings. The van der Waals surface area contributed by atoms with Crippen LogP contribution in [0.5, 0.6) is 0 Å². The van der Waals surface area contributed by atoms with Crippen molar-refractivity contribution in [2.24, 2.45) is 0 Å². The number of halogens is 1. The highest BCUT2D eigenvalue weighted by Gasteiger charge is 2.18. The molecule has 2 heterocycles. The van der Waals surface area contributed by atoms with E-state index in [4.69, 9.17) is 16.6 Å². The first-order valence-electron chi connectivity index (χ1n) is 10.6. The quantitative estimate of drug-likeness (QED) is 0.447. The Morgan fingerprint density at radius 2 is 1.90 bits per heavy atom. The highest BCUT2D eigenvalue weighted by atomic mass is 35.5. The van der Waals surface area contributed by atoms with Crippen LogP contribution in [0.3, 0.4) is 0 Å². The van der Waals surface area contributed by atoms with Gasteiger partial charge >= 0.3 is 0 Å². The molecule has 0 bridgehead atoms. The summed E-state index contributed by atoms with van der Waals surface area (Å²) in [5.74, 6) is -0.146. The van der Waals surface area contributed by atoms with Gasteiger partial charge in [-0.2, -0.15) is 5.10 Å². The average molecular weight is 451 g/mol. The van der Waals surface area contributed by atoms with E-state index in [9.17, 15) is 4.79 Å². The van der Waals surface area contributed by atoms with E-state index >= 15 is 0 Å². The molecule has 0 saturated heterocycles. The minimum absolute atomic E-state index is 0.146. The van der Waals surface area contributed by atoms with Gasteiger partial charge in [-0.05, 0) is 49.4 Å². The van der Waals surface area contributed by atoms with Gasteiger partial charge in [-0.3, -0.25) is 9.48 Å². The number of aryl methyl sites for hydroxylation is 2. The molecule has 1 N–H and O–H groups in total. The summed E-state index contributed by atoms with van der Waals surface area (Å²) in [5.41, 5.74) is 3.75. The van der Waals surface area contributed by atoms with Crippen LogP contribution in [0.1, 0.15) is 44.5 Å². The highest BCUT2D eigenvalue weighted by Crippen LogP contribution is 2.27. The van der Waals surface area contributed by atoms with Crippen LogP contribution in [0.15, 0.2) is 48.5 Å². The van der Waals surface area contributed by atoms with Crippen molar-refractivity contribution < 1.29 is 4.79 Å². The van der Waals surface area contributed by atoms with Gasteiger partial charge in [0.2, 0.25) is 0 Å². The fraction of sp³-hybridized carbons (Fsp3) is 0.292. The third-order valence-corrected chi connectivity index (χ3v) is 7.10. The van der Waals surface area contributed by atoms with E-state index in [1.54, 1.807) is 11.3 Å². The van der Waals surface area contributed by atoms with Gasteiger partial charge in [-0.1, -0.05) is 41.9 Å². The van der Waals surface area contributed by atoms with Gasteiger partial charge in [0.05, 0.1) is 22.8 Å². The van der Waals surface area contributed by atoms with Gasteiger partial charge < -0.3 is 5.32 Å². The number of amides is 1. The summed E-state index contributed by atoms with van der Waals surface area (Å²) >= 11 is 7.80. The zero-order chi connectivity index (χ0) is 21.2. The van der Waals surface area contributed by atoms with Gasteiger partial charge in [0, 0.05) is 28.3 Å². The van der Waals surface area contributed by atoms with E-state index in [1.807, 2.05) is 53.2 Å². The Bertz CT molecular complexity index is 1200. The summed E-state index contributed by atoms with van der Waals surface area (Å²) in [7, 11) is 0. The molecule has 1 amide bonds. The van der Waals surface area contributed by atoms with Crippen molar-refractivity contribution in [2.45, 2.75) is 38.6 Å². The minimum Gasteiger partial charge on any atom is -0.350 e. The first-order valence-corrected chi connectivity index (χ1v) is 11.8. The number of carbonyl (C=O) groups excluding carboxylic acids is 1. The standard InChI is InChI=1S/C24H23ClN4OS/c25-17-11-9-16(10-12-17)15-29-20-7-3-1-5-18(20)23(28-29)24(30)26-14-13-22-27-19-6-2-4-8-21(19)31-22/h1,3,5,7,9-12H,2,4,6,8,13-15H2,(H,26,30). The maximum atomic E-state index is 12.9. The molecule has 0 radical (unpaired) electrons. The van der Waals surface area contributed by atoms with E-state index in [0.717, 1.165) is 40.7 Å². The van der Waals surface area contributed by atoms with Gasteiger partial charge in [0.25, 0.3) is 5.91 Å². The van der Waals surface area contributed by atoms with E-state index in [-0.39, 0.29) is 5.91 Å². The molecule has 1 aliphatic rings. The van der Waals surface area contributed by atoms with Crippen LogP contribution in [0.4, 0.5) is 0 Å². The fourth-order valence-electron chi connectivity index (χ4n) is 4.06. The third-order valence-electron chi connectivity index (χ3n) is 5.63. The monoisotopic (exact) mass is 450 g/mol. The molecular formula is C24H23ClN4OS. The molecule has 7 heteroatoms. The summed E-state index contributed by atoms with van der Waals surface area (Å²) in [4.78, 5) is 19.1. The van der Waals surface area contributed by atoms with E-state index in [1.165, 1.54) is 23.4 Å². The van der Waals surface area contributed by atoms with Crippen molar-refractivity contribution in [1.82, 2.24) is 20.1 Å². The number of benzene rings is 2. The number of aromatic nitrogens is 3. The number of fused-ring (bicyclic) bond motifs is 2. The molecule has 5 nitrogen and oxygen atoms in total. The van der Waals surface area contributed by atoms with Crippen molar-refractivity contribution in [3.63, 3.8) is 0 Å². The van der Waals surface area contributed by atoms with Crippen LogP contribution in [0.25, 0.3) is 10.9 Å². The number of nitrogens with one attached hydrogen (secondary N) is 1. The van der Waals surface area contributed by atoms with Crippen LogP contribution in [0, 0.1) is 0 Å². The van der Waals surface area contributed by atoms with Crippen LogP contribution in [0.2, 0.25) is 5.02 Å². The Morgan fingerprint density at radius 1 is 1.10 bits per heavy atom. The maximum Gasteiger partial charge on any atom is 0.272 e. The lowest BCUT2D eigenvalue weighted by molar-refractivity contribution is 0.0950. The number of carbonyl (C=O) groups is 1. The topological polar surface area (TPSA) is 59.8 Å². The predicted octanol–water partition coefficient (Wildman–Crippen LogP) is 5.05. The molecule has 2 aromatic heterocycles. The molecule has 0 spiro atoms. The zero-order valence-corrected chi connectivity index (χ0v) is 18.7. The lowest BCUT2D eigenvalue weighted by Crippen LogP contribution is -2.26. The molecule has 0 atom stereocenters. The van der Waals surface area contributed by atoms with Gasteiger partial charge in [-0.15, -0.1) is 11.3 Å². The summed E-state index contributed by atoms with van der Waals surface area (Å²) in [6, 6.07) is 15.5. The van der Waals surface area contributed by atoms with Crippen molar-refractivity contribution in [1.29, 1.82) is 0 Å². The fourth-order valence-corrected chi connectivity index (χ4v) is 5.34. The zero-order valence-electron chi connectivity index (χ0n) is 17.1. The minimum atomic E-state index is -0.146. The smallest absolute Gasteiger partial charge is 0.272 e. The second kappa shape index (κ2) is 8.81. The van der Waals surface area contributed by atoms with Crippen molar-refractivity contribution in [3.05, 3.63) is 80.4 Å². The van der Waals surface area contributed by atoms with Crippen molar-refractivity contribution in [3.8, 4) is 0 Å². The maximum absolute atomic E-state index is 12.9. The molecule has 31 heavy (non-hydrogen) atoms. The summed E-state index contributed by atoms with van der Waals surface area (Å²) in [5, 5.41) is 10.4. The van der Waals surface area contributed by atoms with E-state index < -0.39 is 0 Å². The summed E-state index contributed by atoms with van der Waals surface area (Å²) in [6.45, 7) is 1.14. The normalized spacial score (nSPS) is 13.3. The second-order valence-corrected chi connectivity index (χ2v) is 9.44. The third kappa shape index (κ3) is 4.36. The molecule has 0 aliphatic heterocycles. The Balaban J connectivity index is 1.30. The number of hydrogen-bond donors (Lipinski definition) is 1. The molecule has 0 unspecified atom stereocenters. The first kappa shape index (κ1) is 20.2. The Morgan fingerprint density at radius 3 is 2.74 bits per heavy atom. The lowest BCUT2D eigenvalue weighted by atomic mass is 10.0. The van der Waals surface area contributed by atoms with Gasteiger partial charge in [0.1, 0.15) is 0 Å². The number of rotatable bonds is 6. The molecule has 0 saturated carbocycles. The summed E-state index contributed by atoms with van der Waals surface area (Å²) < 4.78 is 1.88. The largest absolute Gasteiger partial charge is 0.350 e. The number of thiazole rings is 1. The lowest BCUT2D eigenvalue weighted by Gasteiger charge is -2.06. The Kier molecular flexibility index (Phi) is 5.74. The Labute approximate surface area is 190 Å². The molecule has 4 aromatic rings. The van der Waals surface area contributed by atoms with Crippen molar-refractivity contribution >= 4 is 39.7 Å². The van der Waals surface area contributed by atoms with E-state index in [2.05, 4.69) is 10.4 Å². The average Bonchev–Trinajstić information content (AvgIpc) is 3.37. The van der Waals surface area contributed by atoms with Crippen LogP contribution in [-0.4, -0.2) is 27.2 Å². The molecular weight excluding hydrogens is 428 g/mol. The van der Waals surface area contributed by atoms with Crippen LogP contribution in [-0.2, 0) is 25.8 Å². The van der Waals surface area contributed by atoms with Crippen LogP contribution >= 0.6 is 22.9 Å². The van der Waals surface area contributed by atoms with E-state index in [0.29, 0.717) is 23.8 Å². The number of hydrogen-bond acceptors (Lipinski definition) is 4. The Hall–Kier alpha value is -2.70. The highest BCUT2D eigenvalue weighted by molar-refractivity contribution is 7.11. The predicted molar refractivity (Wildman–Crippen MR) is 125 cm³/mol. The van der Waals surface area contributed by atoms with Gasteiger partial charge in [0.15, 0.2) is 5.69 Å². The summed E-state index contributed by atoms with van der Waals surface area (Å²) in [6.07, 6.45) is 5.49. The second-order valence-electron chi connectivity index (χ2n) is 7.84. The molecule has 158 valence electrons. The number of nitrogens with zero attached hydrogens (tertiary/aromatic N) is 3. The molecule has 2 aromatic carbocycles. The van der Waals surface area contributed by atoms with Crippen molar-refractivity contribution in [2.75, 3.05) is 6.54 Å². The number of para-hydroxylation sites is 1. The van der Waals surface area contributed by atoms with Gasteiger partial charge in [-0.25, -0.2) is 4.98 Å². The molecule has 5 rings (SSSR count). The van der Waals surface area contributed by atoms with Crippen LogP contribution < -0.4 is 5.32 Å². The first-order chi connectivity index (χ1) is 15.2.